The Morgan fingerprint density at radius 1 is 1.27 bits per heavy atom. The van der Waals surface area contributed by atoms with Crippen LogP contribution in [-0.2, 0) is 19.6 Å². The van der Waals surface area contributed by atoms with Crippen LogP contribution in [0.3, 0.4) is 0 Å². The summed E-state index contributed by atoms with van der Waals surface area (Å²) in [6.45, 7) is 2.93. The molecule has 0 saturated carbocycles. The molecular formula is C13H20ClN5O6S. The van der Waals surface area contributed by atoms with Gasteiger partial charge in [-0.3, -0.25) is 5.32 Å². The molecule has 0 saturated heterocycles. The number of rotatable bonds is 9. The van der Waals surface area contributed by atoms with Gasteiger partial charge in [0.1, 0.15) is 5.82 Å². The second-order valence-electron chi connectivity index (χ2n) is 5.08. The minimum absolute atomic E-state index is 0.182. The van der Waals surface area contributed by atoms with Gasteiger partial charge in [-0.05, 0) is 13.3 Å². The third-order valence-corrected chi connectivity index (χ3v) is 4.64. The van der Waals surface area contributed by atoms with Crippen molar-refractivity contribution < 1.29 is 27.5 Å². The number of hydrogen-bond donors (Lipinski definition) is 2. The monoisotopic (exact) mass is 409 g/mol. The largest absolute Gasteiger partial charge is 0.466 e. The van der Waals surface area contributed by atoms with Gasteiger partial charge >= 0.3 is 18.0 Å². The van der Waals surface area contributed by atoms with E-state index in [1.807, 2.05) is 11.6 Å². The number of aromatic nitrogens is 3. The Kier molecular flexibility index (Phi) is 8.45. The van der Waals surface area contributed by atoms with E-state index in [2.05, 4.69) is 25.0 Å². The minimum Gasteiger partial charge on any atom is -0.466 e. The average Bonchev–Trinajstić information content (AvgIpc) is 2.50. The standard InChI is InChI=1S/C13H20ClN5O6S/c1-4-5-9(14)7-26(22,23)19-12(21)17-11-15-8(2)16-13(18-11)25-6-10(20)24-3/h9H,4-7H2,1-3H3,(H2,15,16,17,18,19,21). The van der Waals surface area contributed by atoms with E-state index in [4.69, 9.17) is 16.3 Å². The van der Waals surface area contributed by atoms with Crippen LogP contribution in [-0.4, -0.2) is 60.2 Å². The number of aryl methyl sites for hydroxylation is 1. The number of amides is 2. The predicted molar refractivity (Wildman–Crippen MR) is 92.6 cm³/mol. The number of carbonyl (C=O) groups is 2. The minimum atomic E-state index is -3.93. The first kappa shape index (κ1) is 21.8. The van der Waals surface area contributed by atoms with Gasteiger partial charge < -0.3 is 9.47 Å². The molecule has 13 heteroatoms. The maximum Gasteiger partial charge on any atom is 0.344 e. The molecule has 26 heavy (non-hydrogen) atoms. The summed E-state index contributed by atoms with van der Waals surface area (Å²) in [5.74, 6) is -1.12. The molecule has 11 nitrogen and oxygen atoms in total. The van der Waals surface area contributed by atoms with Gasteiger partial charge in [0.05, 0.1) is 12.9 Å². The van der Waals surface area contributed by atoms with Crippen molar-refractivity contribution in [1.29, 1.82) is 0 Å². The number of carbonyl (C=O) groups excluding carboxylic acids is 2. The molecule has 0 aliphatic heterocycles. The summed E-state index contributed by atoms with van der Waals surface area (Å²) in [6, 6.07) is -1.29. The summed E-state index contributed by atoms with van der Waals surface area (Å²) in [5.41, 5.74) is 0. The van der Waals surface area contributed by atoms with Crippen LogP contribution in [0.1, 0.15) is 25.6 Å². The molecule has 0 spiro atoms. The van der Waals surface area contributed by atoms with Crippen LogP contribution >= 0.6 is 11.6 Å². The van der Waals surface area contributed by atoms with E-state index >= 15 is 0 Å². The van der Waals surface area contributed by atoms with Crippen LogP contribution in [0.5, 0.6) is 6.01 Å². The highest BCUT2D eigenvalue weighted by Gasteiger charge is 2.20. The summed E-state index contributed by atoms with van der Waals surface area (Å²) < 4.78 is 35.0. The first-order chi connectivity index (χ1) is 12.1. The van der Waals surface area contributed by atoms with Gasteiger partial charge in [0.15, 0.2) is 6.61 Å². The number of nitrogens with zero attached hydrogens (tertiary/aromatic N) is 3. The van der Waals surface area contributed by atoms with E-state index in [0.29, 0.717) is 12.8 Å². The van der Waals surface area contributed by atoms with Crippen molar-refractivity contribution >= 4 is 39.6 Å². The Balaban J connectivity index is 2.71. The fourth-order valence-electron chi connectivity index (χ4n) is 1.70. The van der Waals surface area contributed by atoms with Crippen LogP contribution < -0.4 is 14.8 Å². The number of urea groups is 1. The zero-order valence-electron chi connectivity index (χ0n) is 14.5. The molecule has 0 aliphatic rings. The Morgan fingerprint density at radius 2 is 1.96 bits per heavy atom. The van der Waals surface area contributed by atoms with Crippen LogP contribution in [0, 0.1) is 6.92 Å². The molecule has 1 atom stereocenters. The SMILES string of the molecule is CCCC(Cl)CS(=O)(=O)NC(=O)Nc1nc(C)nc(OCC(=O)OC)n1. The van der Waals surface area contributed by atoms with Crippen LogP contribution in [0.2, 0.25) is 0 Å². The number of esters is 1. The van der Waals surface area contributed by atoms with Gasteiger partial charge in [0.2, 0.25) is 16.0 Å². The normalized spacial score (nSPS) is 12.2. The number of anilines is 1. The Labute approximate surface area is 155 Å². The fourth-order valence-corrected chi connectivity index (χ4v) is 3.48. The molecular weight excluding hydrogens is 390 g/mol. The number of methoxy groups -OCH3 is 1. The number of hydrogen-bond acceptors (Lipinski definition) is 9. The van der Waals surface area contributed by atoms with Crippen molar-refractivity contribution in [2.45, 2.75) is 32.1 Å². The fraction of sp³-hybridized carbons (Fsp3) is 0.615. The number of sulfonamides is 1. The first-order valence-corrected chi connectivity index (χ1v) is 9.62. The molecule has 0 radical (unpaired) electrons. The van der Waals surface area contributed by atoms with Crippen molar-refractivity contribution in [1.82, 2.24) is 19.7 Å². The highest BCUT2D eigenvalue weighted by Crippen LogP contribution is 2.09. The number of nitrogens with one attached hydrogen (secondary N) is 2. The number of ether oxygens (including phenoxy) is 2. The molecule has 0 aliphatic carbocycles. The smallest absolute Gasteiger partial charge is 0.344 e. The summed E-state index contributed by atoms with van der Waals surface area (Å²) in [6.07, 6.45) is 1.21. The van der Waals surface area contributed by atoms with Gasteiger partial charge in [-0.2, -0.15) is 15.0 Å². The lowest BCUT2D eigenvalue weighted by molar-refractivity contribution is -0.143. The highest BCUT2D eigenvalue weighted by molar-refractivity contribution is 7.90. The molecule has 1 heterocycles. The lowest BCUT2D eigenvalue weighted by atomic mass is 10.3. The van der Waals surface area contributed by atoms with Crippen molar-refractivity contribution in [2.75, 3.05) is 24.8 Å². The zero-order valence-corrected chi connectivity index (χ0v) is 16.1. The molecule has 1 aromatic heterocycles. The maximum atomic E-state index is 11.9. The molecule has 2 amide bonds. The lowest BCUT2D eigenvalue weighted by Crippen LogP contribution is -2.38. The van der Waals surface area contributed by atoms with Gasteiger partial charge in [0, 0.05) is 5.38 Å². The second kappa shape index (κ2) is 10.1. The molecule has 1 unspecified atom stereocenters. The van der Waals surface area contributed by atoms with Gasteiger partial charge in [-0.1, -0.05) is 13.3 Å². The Morgan fingerprint density at radius 3 is 2.58 bits per heavy atom. The van der Waals surface area contributed by atoms with Crippen LogP contribution in [0.4, 0.5) is 10.7 Å². The topological polar surface area (TPSA) is 149 Å². The van der Waals surface area contributed by atoms with E-state index < -0.39 is 39.8 Å². The van der Waals surface area contributed by atoms with Crippen molar-refractivity contribution in [2.24, 2.45) is 0 Å². The molecule has 0 bridgehead atoms. The van der Waals surface area contributed by atoms with Crippen molar-refractivity contribution in [3.63, 3.8) is 0 Å². The number of halogens is 1. The molecule has 0 aromatic carbocycles. The molecule has 1 aromatic rings. The van der Waals surface area contributed by atoms with E-state index in [-0.39, 0.29) is 17.8 Å². The third-order valence-electron chi connectivity index (χ3n) is 2.75. The summed E-state index contributed by atoms with van der Waals surface area (Å²) in [4.78, 5) is 34.3. The summed E-state index contributed by atoms with van der Waals surface area (Å²) in [7, 11) is -2.74. The molecule has 146 valence electrons. The first-order valence-electron chi connectivity index (χ1n) is 7.53. The van der Waals surface area contributed by atoms with Gasteiger partial charge in [0.25, 0.3) is 0 Å². The van der Waals surface area contributed by atoms with Crippen LogP contribution in [0.25, 0.3) is 0 Å². The Hall–Kier alpha value is -2.21. The van der Waals surface area contributed by atoms with Gasteiger partial charge in [-0.25, -0.2) is 22.7 Å². The molecule has 2 N–H and O–H groups in total. The quantitative estimate of drug-likeness (QED) is 0.441. The molecule has 0 fully saturated rings. The Bertz CT molecular complexity index is 745. The summed E-state index contributed by atoms with van der Waals surface area (Å²) in [5, 5.41) is 1.55. The van der Waals surface area contributed by atoms with Crippen molar-refractivity contribution in [3.8, 4) is 6.01 Å². The number of alkyl halides is 1. The second-order valence-corrected chi connectivity index (χ2v) is 7.46. The van der Waals surface area contributed by atoms with Gasteiger partial charge in [-0.15, -0.1) is 11.6 Å². The van der Waals surface area contributed by atoms with Crippen molar-refractivity contribution in [3.05, 3.63) is 5.82 Å². The average molecular weight is 410 g/mol. The predicted octanol–water partition coefficient (Wildman–Crippen LogP) is 0.591. The maximum absolute atomic E-state index is 11.9. The summed E-state index contributed by atoms with van der Waals surface area (Å²) >= 11 is 5.88. The van der Waals surface area contributed by atoms with Crippen LogP contribution in [0.15, 0.2) is 0 Å². The third kappa shape index (κ3) is 8.25. The lowest BCUT2D eigenvalue weighted by Gasteiger charge is -2.11. The van der Waals surface area contributed by atoms with E-state index in [1.54, 1.807) is 0 Å². The zero-order chi connectivity index (χ0) is 19.7. The van der Waals surface area contributed by atoms with E-state index in [1.165, 1.54) is 14.0 Å². The van der Waals surface area contributed by atoms with E-state index in [9.17, 15) is 18.0 Å². The highest BCUT2D eigenvalue weighted by atomic mass is 35.5. The molecule has 1 rings (SSSR count). The van der Waals surface area contributed by atoms with E-state index in [0.717, 1.165) is 0 Å².